The van der Waals surface area contributed by atoms with Gasteiger partial charge in [0.1, 0.15) is 5.75 Å². The normalized spacial score (nSPS) is 10.6. The van der Waals surface area contributed by atoms with Gasteiger partial charge in [-0.15, -0.1) is 11.8 Å². The van der Waals surface area contributed by atoms with Gasteiger partial charge in [-0.25, -0.2) is 4.79 Å². The molecule has 0 spiro atoms. The van der Waals surface area contributed by atoms with Crippen LogP contribution in [0.25, 0.3) is 0 Å². The lowest BCUT2D eigenvalue weighted by molar-refractivity contribution is -0.149. The number of para-hydroxylation sites is 1. The van der Waals surface area contributed by atoms with Crippen LogP contribution in [0, 0.1) is 6.92 Å². The molecule has 1 amide bonds. The molecule has 27 heavy (non-hydrogen) atoms. The van der Waals surface area contributed by atoms with Crippen molar-refractivity contribution in [2.24, 2.45) is 0 Å². The predicted molar refractivity (Wildman–Crippen MR) is 109 cm³/mol. The van der Waals surface area contributed by atoms with Crippen LogP contribution in [-0.4, -0.2) is 31.3 Å². The summed E-state index contributed by atoms with van der Waals surface area (Å²) in [6.07, 6.45) is 1.93. The molecular weight excluding hydrogens is 362 g/mol. The lowest BCUT2D eigenvalue weighted by atomic mass is 10.0. The summed E-state index contributed by atoms with van der Waals surface area (Å²) in [5.41, 5.74) is 2.78. The third-order valence-electron chi connectivity index (χ3n) is 3.97. The van der Waals surface area contributed by atoms with Gasteiger partial charge in [0.15, 0.2) is 13.2 Å². The van der Waals surface area contributed by atoms with E-state index in [-0.39, 0.29) is 19.1 Å². The number of amides is 1. The van der Waals surface area contributed by atoms with Crippen molar-refractivity contribution < 1.29 is 19.1 Å². The topological polar surface area (TPSA) is 64.6 Å². The number of thioether (sulfide) groups is 1. The van der Waals surface area contributed by atoms with Gasteiger partial charge in [0.25, 0.3) is 5.91 Å². The number of nitrogens with one attached hydrogen (secondary N) is 1. The van der Waals surface area contributed by atoms with Gasteiger partial charge in [0, 0.05) is 4.90 Å². The first-order chi connectivity index (χ1) is 12.9. The SMILES string of the molecule is CSc1ccccc1NC(=O)COC(=O)COc1cc(C(C)C)ccc1C. The molecule has 5 nitrogen and oxygen atoms in total. The monoisotopic (exact) mass is 387 g/mol. The molecule has 0 bridgehead atoms. The maximum absolute atomic E-state index is 12.0. The molecule has 0 fully saturated rings. The third kappa shape index (κ3) is 6.32. The number of hydrogen-bond acceptors (Lipinski definition) is 5. The minimum Gasteiger partial charge on any atom is -0.482 e. The molecule has 2 aromatic carbocycles. The van der Waals surface area contributed by atoms with Gasteiger partial charge >= 0.3 is 5.97 Å². The molecule has 0 unspecified atom stereocenters. The average Bonchev–Trinajstić information content (AvgIpc) is 2.66. The lowest BCUT2D eigenvalue weighted by Gasteiger charge is -2.13. The summed E-state index contributed by atoms with van der Waals surface area (Å²) in [5, 5.41) is 2.74. The van der Waals surface area contributed by atoms with E-state index in [4.69, 9.17) is 9.47 Å². The van der Waals surface area contributed by atoms with Crippen molar-refractivity contribution in [1.29, 1.82) is 0 Å². The predicted octanol–water partition coefficient (Wildman–Crippen LogP) is 4.40. The van der Waals surface area contributed by atoms with E-state index in [1.165, 1.54) is 11.8 Å². The van der Waals surface area contributed by atoms with Crippen LogP contribution in [0.4, 0.5) is 5.69 Å². The van der Waals surface area contributed by atoms with Gasteiger partial charge in [-0.2, -0.15) is 0 Å². The number of hydrogen-bond donors (Lipinski definition) is 1. The Morgan fingerprint density at radius 3 is 2.56 bits per heavy atom. The molecule has 2 aromatic rings. The van der Waals surface area contributed by atoms with Crippen molar-refractivity contribution in [1.82, 2.24) is 0 Å². The highest BCUT2D eigenvalue weighted by atomic mass is 32.2. The zero-order valence-corrected chi connectivity index (χ0v) is 16.9. The fourth-order valence-electron chi connectivity index (χ4n) is 2.39. The van der Waals surface area contributed by atoms with Crippen LogP contribution < -0.4 is 10.1 Å². The number of anilines is 1. The molecule has 144 valence electrons. The van der Waals surface area contributed by atoms with Crippen LogP contribution in [0.2, 0.25) is 0 Å². The zero-order valence-electron chi connectivity index (χ0n) is 16.1. The highest BCUT2D eigenvalue weighted by molar-refractivity contribution is 7.98. The zero-order chi connectivity index (χ0) is 19.8. The number of rotatable bonds is 8. The van der Waals surface area contributed by atoms with Gasteiger partial charge < -0.3 is 14.8 Å². The summed E-state index contributed by atoms with van der Waals surface area (Å²) in [7, 11) is 0. The van der Waals surface area contributed by atoms with E-state index >= 15 is 0 Å². The minimum absolute atomic E-state index is 0.239. The van der Waals surface area contributed by atoms with E-state index in [2.05, 4.69) is 19.2 Å². The summed E-state index contributed by atoms with van der Waals surface area (Å²) in [6, 6.07) is 13.4. The van der Waals surface area contributed by atoms with Gasteiger partial charge in [0.2, 0.25) is 0 Å². The molecule has 0 aromatic heterocycles. The quantitative estimate of drug-likeness (QED) is 0.537. The summed E-state index contributed by atoms with van der Waals surface area (Å²) in [5.74, 6) is 0.0461. The molecule has 6 heteroatoms. The van der Waals surface area contributed by atoms with E-state index in [9.17, 15) is 9.59 Å². The molecule has 0 aliphatic heterocycles. The number of esters is 1. The molecule has 0 heterocycles. The standard InChI is InChI=1S/C21H25NO4S/c1-14(2)16-10-9-15(3)18(11-16)25-13-21(24)26-12-20(23)22-17-7-5-6-8-19(17)27-4/h5-11,14H,12-13H2,1-4H3,(H,22,23). The minimum atomic E-state index is -0.586. The summed E-state index contributed by atoms with van der Waals surface area (Å²) in [4.78, 5) is 24.8. The lowest BCUT2D eigenvalue weighted by Crippen LogP contribution is -2.24. The first-order valence-electron chi connectivity index (χ1n) is 8.72. The molecule has 0 saturated heterocycles. The smallest absolute Gasteiger partial charge is 0.344 e. The van der Waals surface area contributed by atoms with Gasteiger partial charge in [-0.3, -0.25) is 4.79 Å². The second kappa shape index (κ2) is 10.0. The maximum atomic E-state index is 12.0. The van der Waals surface area contributed by atoms with Crippen LogP contribution in [0.5, 0.6) is 5.75 Å². The van der Waals surface area contributed by atoms with E-state index in [1.807, 2.05) is 49.6 Å². The first-order valence-corrected chi connectivity index (χ1v) is 9.95. The molecular formula is C21H25NO4S. The summed E-state index contributed by atoms with van der Waals surface area (Å²) < 4.78 is 10.6. The highest BCUT2D eigenvalue weighted by Gasteiger charge is 2.12. The fraction of sp³-hybridized carbons (Fsp3) is 0.333. The van der Waals surface area contributed by atoms with Crippen LogP contribution in [0.1, 0.15) is 30.9 Å². The Morgan fingerprint density at radius 1 is 1.11 bits per heavy atom. The molecule has 2 rings (SSSR count). The Hall–Kier alpha value is -2.47. The molecule has 0 saturated carbocycles. The highest BCUT2D eigenvalue weighted by Crippen LogP contribution is 2.25. The molecule has 0 aliphatic rings. The second-order valence-corrected chi connectivity index (χ2v) is 7.23. The molecule has 1 N–H and O–H groups in total. The molecule has 0 radical (unpaired) electrons. The Morgan fingerprint density at radius 2 is 1.85 bits per heavy atom. The Labute approximate surface area is 164 Å². The van der Waals surface area contributed by atoms with E-state index in [0.717, 1.165) is 16.0 Å². The van der Waals surface area contributed by atoms with Crippen LogP contribution in [-0.2, 0) is 14.3 Å². The number of carbonyl (C=O) groups excluding carboxylic acids is 2. The number of carbonyl (C=O) groups is 2. The van der Waals surface area contributed by atoms with Gasteiger partial charge in [-0.1, -0.05) is 38.1 Å². The maximum Gasteiger partial charge on any atom is 0.344 e. The number of benzene rings is 2. The summed E-state index contributed by atoms with van der Waals surface area (Å²) in [6.45, 7) is 5.52. The van der Waals surface area contributed by atoms with Crippen molar-refractivity contribution in [3.05, 3.63) is 53.6 Å². The Kier molecular flexibility index (Phi) is 7.73. The Bertz CT molecular complexity index is 805. The van der Waals surface area contributed by atoms with Crippen molar-refractivity contribution in [3.8, 4) is 5.75 Å². The van der Waals surface area contributed by atoms with E-state index in [0.29, 0.717) is 17.4 Å². The summed E-state index contributed by atoms with van der Waals surface area (Å²) >= 11 is 1.53. The first kappa shape index (κ1) is 20.8. The van der Waals surface area contributed by atoms with Gasteiger partial charge in [0.05, 0.1) is 5.69 Å². The third-order valence-corrected chi connectivity index (χ3v) is 4.77. The van der Waals surface area contributed by atoms with Crippen molar-refractivity contribution >= 4 is 29.3 Å². The van der Waals surface area contributed by atoms with Crippen molar-refractivity contribution in [2.75, 3.05) is 24.8 Å². The average molecular weight is 388 g/mol. The van der Waals surface area contributed by atoms with E-state index < -0.39 is 5.97 Å². The van der Waals surface area contributed by atoms with Gasteiger partial charge in [-0.05, 0) is 48.4 Å². The molecule has 0 aliphatic carbocycles. The number of ether oxygens (including phenoxy) is 2. The second-order valence-electron chi connectivity index (χ2n) is 6.38. The van der Waals surface area contributed by atoms with Crippen molar-refractivity contribution in [2.45, 2.75) is 31.6 Å². The van der Waals surface area contributed by atoms with Crippen molar-refractivity contribution in [3.63, 3.8) is 0 Å². The van der Waals surface area contributed by atoms with Crippen LogP contribution in [0.15, 0.2) is 47.4 Å². The largest absolute Gasteiger partial charge is 0.482 e. The fourth-order valence-corrected chi connectivity index (χ4v) is 2.94. The van der Waals surface area contributed by atoms with E-state index in [1.54, 1.807) is 6.07 Å². The molecule has 0 atom stereocenters. The Balaban J connectivity index is 1.82. The van der Waals surface area contributed by atoms with Crippen LogP contribution >= 0.6 is 11.8 Å². The van der Waals surface area contributed by atoms with Crippen LogP contribution in [0.3, 0.4) is 0 Å². The number of aryl methyl sites for hydroxylation is 1.